The first kappa shape index (κ1) is 16.1. The second-order valence-electron chi connectivity index (χ2n) is 4.99. The second kappa shape index (κ2) is 6.68. The summed E-state index contributed by atoms with van der Waals surface area (Å²) in [7, 11) is 1.31. The molecule has 1 fully saturated rings. The maximum atomic E-state index is 12.3. The van der Waals surface area contributed by atoms with Gasteiger partial charge in [-0.25, -0.2) is 0 Å². The summed E-state index contributed by atoms with van der Waals surface area (Å²) in [5.74, 6) is -0.790. The third-order valence-corrected chi connectivity index (χ3v) is 4.07. The summed E-state index contributed by atoms with van der Waals surface area (Å²) >= 11 is 11.6. The van der Waals surface area contributed by atoms with Crippen LogP contribution in [0.5, 0.6) is 0 Å². The molecule has 1 aromatic heterocycles. The van der Waals surface area contributed by atoms with Crippen molar-refractivity contribution in [3.05, 3.63) is 21.9 Å². The van der Waals surface area contributed by atoms with Crippen LogP contribution in [-0.4, -0.2) is 42.7 Å². The lowest BCUT2D eigenvalue weighted by atomic mass is 9.88. The van der Waals surface area contributed by atoms with Crippen LogP contribution in [0.2, 0.25) is 10.2 Å². The molecule has 21 heavy (non-hydrogen) atoms. The van der Waals surface area contributed by atoms with Crippen molar-refractivity contribution in [1.29, 1.82) is 0 Å². The highest BCUT2D eigenvalue weighted by atomic mass is 35.5. The van der Waals surface area contributed by atoms with Crippen LogP contribution in [0, 0.1) is 0 Å². The number of rotatable bonds is 4. The van der Waals surface area contributed by atoms with Crippen LogP contribution in [0.1, 0.15) is 29.8 Å². The van der Waals surface area contributed by atoms with E-state index in [0.29, 0.717) is 13.0 Å². The highest BCUT2D eigenvalue weighted by Crippen LogP contribution is 2.26. The third-order valence-electron chi connectivity index (χ3n) is 3.38. The molecule has 1 unspecified atom stereocenters. The topological polar surface area (TPSA) is 80.4 Å². The van der Waals surface area contributed by atoms with E-state index in [2.05, 4.69) is 10.3 Å². The lowest BCUT2D eigenvalue weighted by Gasteiger charge is -2.36. The average molecular weight is 335 g/mol. The van der Waals surface area contributed by atoms with Crippen LogP contribution in [0.25, 0.3) is 0 Å². The van der Waals surface area contributed by atoms with E-state index in [0.717, 1.165) is 6.42 Å². The largest absolute Gasteiger partial charge is 0.469 e. The molecule has 1 aliphatic heterocycles. The fraction of sp³-hybridized carbons (Fsp3) is 0.538. The number of amides is 1. The maximum absolute atomic E-state index is 12.3. The molecule has 0 aliphatic carbocycles. The van der Waals surface area contributed by atoms with Crippen molar-refractivity contribution >= 4 is 35.1 Å². The number of hydrogen-bond donors (Lipinski definition) is 2. The van der Waals surface area contributed by atoms with Crippen LogP contribution in [0.4, 0.5) is 0 Å². The van der Waals surface area contributed by atoms with Crippen LogP contribution >= 0.6 is 23.2 Å². The predicted octanol–water partition coefficient (Wildman–Crippen LogP) is 2.16. The Labute approximate surface area is 132 Å². The van der Waals surface area contributed by atoms with E-state index < -0.39 is 17.4 Å². The highest BCUT2D eigenvalue weighted by molar-refractivity contribution is 6.41. The Bertz CT molecular complexity index is 519. The number of carbonyl (C=O) groups is 2. The molecule has 0 radical (unpaired) electrons. The molecule has 0 bridgehead atoms. The lowest BCUT2D eigenvalue weighted by Crippen LogP contribution is -2.55. The summed E-state index contributed by atoms with van der Waals surface area (Å²) in [5, 5.41) is 3.31. The van der Waals surface area contributed by atoms with E-state index in [1.54, 1.807) is 0 Å². The van der Waals surface area contributed by atoms with Crippen LogP contribution in [-0.2, 0) is 14.3 Å². The smallest absolute Gasteiger partial charge is 0.307 e. The Morgan fingerprint density at radius 2 is 2.29 bits per heavy atom. The summed E-state index contributed by atoms with van der Waals surface area (Å²) in [6, 6.07) is 1.44. The lowest BCUT2D eigenvalue weighted by molar-refractivity contribution is -0.143. The first-order chi connectivity index (χ1) is 9.96. The molecule has 1 saturated heterocycles. The van der Waals surface area contributed by atoms with Crippen molar-refractivity contribution in [3.8, 4) is 0 Å². The van der Waals surface area contributed by atoms with Crippen molar-refractivity contribution in [2.24, 2.45) is 0 Å². The van der Waals surface area contributed by atoms with Crippen molar-refractivity contribution < 1.29 is 19.1 Å². The summed E-state index contributed by atoms with van der Waals surface area (Å²) in [5.41, 5.74) is -0.535. The van der Waals surface area contributed by atoms with Crippen LogP contribution in [0.3, 0.4) is 0 Å². The number of nitrogens with one attached hydrogen (secondary N) is 2. The van der Waals surface area contributed by atoms with Gasteiger partial charge in [0.05, 0.1) is 30.7 Å². The van der Waals surface area contributed by atoms with E-state index in [1.807, 2.05) is 0 Å². The number of hydrogen-bond acceptors (Lipinski definition) is 4. The number of esters is 1. The monoisotopic (exact) mass is 334 g/mol. The second-order valence-corrected chi connectivity index (χ2v) is 5.77. The minimum Gasteiger partial charge on any atom is -0.469 e. The van der Waals surface area contributed by atoms with Gasteiger partial charge in [-0.3, -0.25) is 9.59 Å². The van der Waals surface area contributed by atoms with Gasteiger partial charge >= 0.3 is 5.97 Å². The molecule has 116 valence electrons. The van der Waals surface area contributed by atoms with E-state index in [9.17, 15) is 9.59 Å². The van der Waals surface area contributed by atoms with Gasteiger partial charge in [-0.05, 0) is 18.9 Å². The Kier molecular flexibility index (Phi) is 5.13. The van der Waals surface area contributed by atoms with Gasteiger partial charge in [-0.2, -0.15) is 0 Å². The van der Waals surface area contributed by atoms with Gasteiger partial charge < -0.3 is 19.8 Å². The quantitative estimate of drug-likeness (QED) is 0.827. The Hall–Kier alpha value is -1.24. The molecular weight excluding hydrogens is 319 g/mol. The van der Waals surface area contributed by atoms with Gasteiger partial charge in [0.1, 0.15) is 10.8 Å². The molecule has 1 aromatic rings. The molecule has 2 heterocycles. The minimum absolute atomic E-state index is 0.0530. The molecule has 8 heteroatoms. The van der Waals surface area contributed by atoms with Gasteiger partial charge in [0, 0.05) is 6.61 Å². The van der Waals surface area contributed by atoms with Crippen molar-refractivity contribution in [2.45, 2.75) is 24.8 Å². The fourth-order valence-electron chi connectivity index (χ4n) is 2.32. The van der Waals surface area contributed by atoms with Crippen molar-refractivity contribution in [1.82, 2.24) is 10.3 Å². The normalized spacial score (nSPS) is 21.9. The maximum Gasteiger partial charge on any atom is 0.307 e. The number of halogens is 2. The zero-order chi connectivity index (χ0) is 15.5. The highest BCUT2D eigenvalue weighted by Gasteiger charge is 2.37. The Morgan fingerprint density at radius 1 is 1.52 bits per heavy atom. The predicted molar refractivity (Wildman–Crippen MR) is 77.7 cm³/mol. The molecular formula is C13H16Cl2N2O4. The number of carbonyl (C=O) groups excluding carboxylic acids is 2. The Balaban J connectivity index is 2.14. The molecule has 2 N–H and O–H groups in total. The van der Waals surface area contributed by atoms with Gasteiger partial charge in [0.15, 0.2) is 0 Å². The standard InChI is InChI=1S/C13H16Cl2N2O4/c1-20-10(18)6-13(3-2-4-21-7-13)17-12(19)9-5-8(14)11(15)16-9/h5,16H,2-4,6-7H2,1H3,(H,17,19). The average Bonchev–Trinajstić information content (AvgIpc) is 2.79. The minimum atomic E-state index is -0.771. The van der Waals surface area contributed by atoms with Crippen LogP contribution < -0.4 is 5.32 Å². The van der Waals surface area contributed by atoms with Crippen molar-refractivity contribution in [3.63, 3.8) is 0 Å². The van der Waals surface area contributed by atoms with Gasteiger partial charge in [-0.1, -0.05) is 23.2 Å². The molecule has 2 rings (SSSR count). The summed E-state index contributed by atoms with van der Waals surface area (Å²) < 4.78 is 10.1. The Morgan fingerprint density at radius 3 is 2.81 bits per heavy atom. The molecule has 0 aromatic carbocycles. The van der Waals surface area contributed by atoms with Crippen LogP contribution in [0.15, 0.2) is 6.07 Å². The summed E-state index contributed by atoms with van der Waals surface area (Å²) in [6.45, 7) is 0.870. The molecule has 0 spiro atoms. The summed E-state index contributed by atoms with van der Waals surface area (Å²) in [6.07, 6.45) is 1.44. The number of ether oxygens (including phenoxy) is 2. The number of H-pyrrole nitrogens is 1. The van der Waals surface area contributed by atoms with Crippen molar-refractivity contribution in [2.75, 3.05) is 20.3 Å². The SMILES string of the molecule is COC(=O)CC1(NC(=O)c2cc(Cl)c(Cl)[nH]2)CCCOC1. The molecule has 0 saturated carbocycles. The first-order valence-electron chi connectivity index (χ1n) is 6.47. The summed E-state index contributed by atoms with van der Waals surface area (Å²) in [4.78, 5) is 26.6. The fourth-order valence-corrected chi connectivity index (χ4v) is 2.63. The number of aromatic amines is 1. The van der Waals surface area contributed by atoms with Gasteiger partial charge in [0.25, 0.3) is 5.91 Å². The third kappa shape index (κ3) is 3.90. The number of methoxy groups -OCH3 is 1. The molecule has 1 atom stereocenters. The zero-order valence-corrected chi connectivity index (χ0v) is 13.0. The van der Waals surface area contributed by atoms with E-state index in [-0.39, 0.29) is 28.9 Å². The molecule has 1 amide bonds. The van der Waals surface area contributed by atoms with E-state index in [4.69, 9.17) is 32.7 Å². The van der Waals surface area contributed by atoms with E-state index in [1.165, 1.54) is 13.2 Å². The number of aromatic nitrogens is 1. The molecule has 1 aliphatic rings. The first-order valence-corrected chi connectivity index (χ1v) is 7.22. The van der Waals surface area contributed by atoms with Gasteiger partial charge in [-0.15, -0.1) is 0 Å². The molecule has 6 nitrogen and oxygen atoms in total. The zero-order valence-electron chi connectivity index (χ0n) is 11.5. The van der Waals surface area contributed by atoms with Gasteiger partial charge in [0.2, 0.25) is 0 Å². The van der Waals surface area contributed by atoms with E-state index >= 15 is 0 Å².